The van der Waals surface area contributed by atoms with E-state index in [4.69, 9.17) is 11.6 Å². The molecule has 0 radical (unpaired) electrons. The monoisotopic (exact) mass is 467 g/mol. The SMILES string of the molecule is COC(=O)C[C@@H]1Cc2cc(Br)c3n[nH]c(Cl)c3c2CN(CC(F)(F)F)C1=O. The van der Waals surface area contributed by atoms with E-state index < -0.39 is 30.5 Å². The highest BCUT2D eigenvalue weighted by atomic mass is 79.9. The number of nitrogens with zero attached hydrogens (tertiary/aromatic N) is 2. The number of hydrogen-bond donors (Lipinski definition) is 1. The van der Waals surface area contributed by atoms with Crippen LogP contribution in [-0.2, 0) is 27.3 Å². The molecule has 0 saturated heterocycles. The van der Waals surface area contributed by atoms with Gasteiger partial charge < -0.3 is 9.64 Å². The average Bonchev–Trinajstić information content (AvgIpc) is 2.92. The van der Waals surface area contributed by atoms with Crippen LogP contribution in [0.2, 0.25) is 5.15 Å². The lowest BCUT2D eigenvalue weighted by Crippen LogP contribution is -2.41. The molecule has 0 fully saturated rings. The van der Waals surface area contributed by atoms with E-state index in [9.17, 15) is 22.8 Å². The first-order valence-electron chi connectivity index (χ1n) is 7.87. The maximum atomic E-state index is 13.0. The molecule has 2 heterocycles. The normalized spacial score (nSPS) is 17.8. The predicted octanol–water partition coefficient (Wildman–Crippen LogP) is 3.61. The Kier molecular flexibility index (Phi) is 5.40. The van der Waals surface area contributed by atoms with Crippen LogP contribution in [0.25, 0.3) is 10.9 Å². The van der Waals surface area contributed by atoms with Gasteiger partial charge in [0.05, 0.1) is 19.4 Å². The van der Waals surface area contributed by atoms with Crippen molar-refractivity contribution in [2.75, 3.05) is 13.7 Å². The summed E-state index contributed by atoms with van der Waals surface area (Å²) in [5, 5.41) is 7.29. The number of amides is 1. The molecule has 146 valence electrons. The fourth-order valence-corrected chi connectivity index (χ4v) is 4.08. The van der Waals surface area contributed by atoms with Crippen LogP contribution in [0, 0.1) is 5.92 Å². The number of aromatic nitrogens is 2. The quantitative estimate of drug-likeness (QED) is 0.699. The second-order valence-electron chi connectivity index (χ2n) is 6.25. The summed E-state index contributed by atoms with van der Waals surface area (Å²) in [5.41, 5.74) is 1.58. The average molecular weight is 469 g/mol. The van der Waals surface area contributed by atoms with Gasteiger partial charge in [0.1, 0.15) is 17.2 Å². The molecule has 0 unspecified atom stereocenters. The van der Waals surface area contributed by atoms with Crippen molar-refractivity contribution < 1.29 is 27.5 Å². The standard InChI is InChI=1S/C16H14BrClF3N3O3/c1-27-11(25)4-8-2-7-3-10(17)13-12(14(18)23-22-13)9(7)5-24(15(8)26)6-16(19,20)21/h3,8H,2,4-6H2,1H3,(H,22,23)/t8-/m0/s1. The molecular formula is C16H14BrClF3N3O3. The third-order valence-corrected chi connectivity index (χ3v) is 5.30. The van der Waals surface area contributed by atoms with Gasteiger partial charge >= 0.3 is 12.1 Å². The molecule has 27 heavy (non-hydrogen) atoms. The van der Waals surface area contributed by atoms with Crippen molar-refractivity contribution in [2.24, 2.45) is 5.92 Å². The van der Waals surface area contributed by atoms with Crippen molar-refractivity contribution in [1.29, 1.82) is 0 Å². The highest BCUT2D eigenvalue weighted by Gasteiger charge is 2.39. The number of methoxy groups -OCH3 is 1. The van der Waals surface area contributed by atoms with Gasteiger partial charge in [0.2, 0.25) is 5.91 Å². The topological polar surface area (TPSA) is 75.3 Å². The molecule has 1 aromatic carbocycles. The molecule has 1 aromatic heterocycles. The lowest BCUT2D eigenvalue weighted by atomic mass is 9.93. The second kappa shape index (κ2) is 7.31. The van der Waals surface area contributed by atoms with Crippen molar-refractivity contribution in [3.8, 4) is 0 Å². The first kappa shape index (κ1) is 19.9. The number of esters is 1. The van der Waals surface area contributed by atoms with Crippen LogP contribution in [0.1, 0.15) is 17.5 Å². The van der Waals surface area contributed by atoms with Crippen molar-refractivity contribution in [3.05, 3.63) is 26.8 Å². The van der Waals surface area contributed by atoms with E-state index in [1.165, 1.54) is 0 Å². The van der Waals surface area contributed by atoms with Gasteiger partial charge in [-0.05, 0) is 39.5 Å². The minimum Gasteiger partial charge on any atom is -0.469 e. The third-order valence-electron chi connectivity index (χ3n) is 4.43. The van der Waals surface area contributed by atoms with E-state index in [1.54, 1.807) is 6.07 Å². The molecule has 1 aliphatic rings. The van der Waals surface area contributed by atoms with Crippen LogP contribution in [0.5, 0.6) is 0 Å². The maximum Gasteiger partial charge on any atom is 0.406 e. The van der Waals surface area contributed by atoms with E-state index in [2.05, 4.69) is 30.9 Å². The third kappa shape index (κ3) is 4.06. The Morgan fingerprint density at radius 2 is 2.22 bits per heavy atom. The highest BCUT2D eigenvalue weighted by Crippen LogP contribution is 2.37. The predicted molar refractivity (Wildman–Crippen MR) is 94.1 cm³/mol. The summed E-state index contributed by atoms with van der Waals surface area (Å²) in [7, 11) is 1.16. The highest BCUT2D eigenvalue weighted by molar-refractivity contribution is 9.10. The van der Waals surface area contributed by atoms with E-state index in [1.807, 2.05) is 0 Å². The molecule has 0 saturated carbocycles. The summed E-state index contributed by atoms with van der Waals surface area (Å²) in [5.74, 6) is -2.38. The number of nitrogens with one attached hydrogen (secondary N) is 1. The lowest BCUT2D eigenvalue weighted by molar-refractivity contribution is -0.165. The fourth-order valence-electron chi connectivity index (χ4n) is 3.27. The van der Waals surface area contributed by atoms with E-state index in [0.717, 1.165) is 7.11 Å². The minimum absolute atomic E-state index is 0.0909. The molecule has 6 nitrogen and oxygen atoms in total. The first-order valence-corrected chi connectivity index (χ1v) is 9.04. The van der Waals surface area contributed by atoms with Crippen molar-refractivity contribution in [1.82, 2.24) is 15.1 Å². The molecule has 0 aliphatic carbocycles. The Labute approximate surface area is 165 Å². The Morgan fingerprint density at radius 1 is 1.52 bits per heavy atom. The van der Waals surface area contributed by atoms with Gasteiger partial charge in [-0.2, -0.15) is 18.3 Å². The Balaban J connectivity index is 2.13. The van der Waals surface area contributed by atoms with E-state index >= 15 is 0 Å². The molecular weight excluding hydrogens is 455 g/mol. The number of carbonyl (C=O) groups excluding carboxylic acids is 2. The maximum absolute atomic E-state index is 13.0. The Morgan fingerprint density at radius 3 is 2.85 bits per heavy atom. The molecule has 3 rings (SSSR count). The number of rotatable bonds is 3. The summed E-state index contributed by atoms with van der Waals surface area (Å²) >= 11 is 9.52. The number of hydrogen-bond acceptors (Lipinski definition) is 4. The van der Waals surface area contributed by atoms with Gasteiger partial charge in [-0.3, -0.25) is 14.7 Å². The Bertz CT molecular complexity index is 916. The summed E-state index contributed by atoms with van der Waals surface area (Å²) in [6.45, 7) is -1.70. The minimum atomic E-state index is -4.58. The van der Waals surface area contributed by atoms with E-state index in [0.29, 0.717) is 31.4 Å². The smallest absolute Gasteiger partial charge is 0.406 e. The zero-order valence-corrected chi connectivity index (χ0v) is 16.3. The number of carbonyl (C=O) groups is 2. The molecule has 1 N–H and O–H groups in total. The molecule has 1 amide bonds. The van der Waals surface area contributed by atoms with Crippen LogP contribution >= 0.6 is 27.5 Å². The molecule has 1 atom stereocenters. The molecule has 0 bridgehead atoms. The number of fused-ring (bicyclic) bond motifs is 3. The summed E-state index contributed by atoms with van der Waals surface area (Å²) in [6.07, 6.45) is -4.80. The summed E-state index contributed by atoms with van der Waals surface area (Å²) in [6, 6.07) is 1.70. The largest absolute Gasteiger partial charge is 0.469 e. The second-order valence-corrected chi connectivity index (χ2v) is 7.48. The van der Waals surface area contributed by atoms with Gasteiger partial charge in [0.25, 0.3) is 0 Å². The zero-order valence-electron chi connectivity index (χ0n) is 14.0. The first-order chi connectivity index (χ1) is 12.6. The van der Waals surface area contributed by atoms with Crippen molar-refractivity contribution >= 4 is 50.3 Å². The number of benzene rings is 1. The lowest BCUT2D eigenvalue weighted by Gasteiger charge is -2.25. The van der Waals surface area contributed by atoms with Crippen molar-refractivity contribution in [3.63, 3.8) is 0 Å². The number of alkyl halides is 3. The van der Waals surface area contributed by atoms with Crippen LogP contribution in [0.3, 0.4) is 0 Å². The van der Waals surface area contributed by atoms with Crippen LogP contribution < -0.4 is 0 Å². The number of ether oxygens (including phenoxy) is 1. The van der Waals surface area contributed by atoms with Gasteiger partial charge in [-0.25, -0.2) is 0 Å². The molecule has 2 aromatic rings. The molecule has 0 spiro atoms. The molecule has 1 aliphatic heterocycles. The number of H-pyrrole nitrogens is 1. The van der Waals surface area contributed by atoms with Crippen LogP contribution in [0.15, 0.2) is 10.5 Å². The van der Waals surface area contributed by atoms with E-state index in [-0.39, 0.29) is 24.5 Å². The fraction of sp³-hybridized carbons (Fsp3) is 0.438. The summed E-state index contributed by atoms with van der Waals surface area (Å²) in [4.78, 5) is 25.1. The van der Waals surface area contributed by atoms with Crippen molar-refractivity contribution in [2.45, 2.75) is 25.6 Å². The summed E-state index contributed by atoms with van der Waals surface area (Å²) < 4.78 is 44.3. The van der Waals surface area contributed by atoms with Gasteiger partial charge in [0, 0.05) is 16.4 Å². The Hall–Kier alpha value is -1.81. The van der Waals surface area contributed by atoms with Crippen LogP contribution in [0.4, 0.5) is 13.2 Å². The number of halogens is 5. The molecule has 11 heteroatoms. The van der Waals surface area contributed by atoms with Crippen LogP contribution in [-0.4, -0.2) is 46.8 Å². The van der Waals surface area contributed by atoms with Gasteiger partial charge in [0.15, 0.2) is 0 Å². The van der Waals surface area contributed by atoms with Gasteiger partial charge in [-0.15, -0.1) is 0 Å². The van der Waals surface area contributed by atoms with Gasteiger partial charge in [-0.1, -0.05) is 11.6 Å². The number of aromatic amines is 1. The zero-order chi connectivity index (χ0) is 19.9.